The second-order valence-corrected chi connectivity index (χ2v) is 7.34. The molecule has 2 aromatic carbocycles. The summed E-state index contributed by atoms with van der Waals surface area (Å²) in [6.07, 6.45) is -0.238. The molecule has 170 valence electrons. The number of amides is 1. The minimum absolute atomic E-state index is 0.0196. The summed E-state index contributed by atoms with van der Waals surface area (Å²) in [5.74, 6) is -5.00. The number of ketones is 2. The van der Waals surface area contributed by atoms with Gasteiger partial charge in [-0.1, -0.05) is 12.1 Å². The molecule has 0 spiro atoms. The van der Waals surface area contributed by atoms with Crippen molar-refractivity contribution in [2.24, 2.45) is 0 Å². The van der Waals surface area contributed by atoms with Crippen LogP contribution in [0.4, 0.5) is 0 Å². The lowest BCUT2D eigenvalue weighted by atomic mass is 9.81. The third-order valence-electron chi connectivity index (χ3n) is 4.75. The molecule has 3 rings (SSSR count). The molecule has 1 amide bonds. The van der Waals surface area contributed by atoms with Crippen molar-refractivity contribution in [3.63, 3.8) is 0 Å². The number of rotatable bonds is 6. The summed E-state index contributed by atoms with van der Waals surface area (Å²) < 4.78 is 10.3. The van der Waals surface area contributed by atoms with Gasteiger partial charge in [-0.15, -0.1) is 0 Å². The summed E-state index contributed by atoms with van der Waals surface area (Å²) in [6, 6.07) is 5.47. The Labute approximate surface area is 187 Å². The Morgan fingerprint density at radius 1 is 0.879 bits per heavy atom. The molecule has 0 bridgehead atoms. The molecule has 0 saturated carbocycles. The number of carboxylic acids is 1. The summed E-state index contributed by atoms with van der Waals surface area (Å²) in [5, 5.41) is 11.7. The van der Waals surface area contributed by atoms with Crippen molar-refractivity contribution in [2.45, 2.75) is 33.2 Å². The molecule has 0 radical (unpaired) electrons. The SMILES string of the molecule is CC(=O)NC(Cc1cc(OC(C)=O)c2c(c1)C(=O)c1cccc(OC(C)=O)c1C2=O)C(=O)O. The minimum Gasteiger partial charge on any atom is -0.480 e. The van der Waals surface area contributed by atoms with Gasteiger partial charge in [-0.3, -0.25) is 24.0 Å². The summed E-state index contributed by atoms with van der Waals surface area (Å²) in [7, 11) is 0. The molecule has 10 heteroatoms. The van der Waals surface area contributed by atoms with Gasteiger partial charge in [0.05, 0.1) is 11.1 Å². The smallest absolute Gasteiger partial charge is 0.326 e. The molecular weight excluding hydrogens is 434 g/mol. The first-order valence-electron chi connectivity index (χ1n) is 9.75. The van der Waals surface area contributed by atoms with Crippen LogP contribution in [0.2, 0.25) is 0 Å². The number of carboxylic acid groups (broad SMARTS) is 1. The summed E-state index contributed by atoms with van der Waals surface area (Å²) in [6.45, 7) is 3.41. The van der Waals surface area contributed by atoms with Gasteiger partial charge in [-0.25, -0.2) is 4.79 Å². The number of carbonyl (C=O) groups excluding carboxylic acids is 5. The van der Waals surface area contributed by atoms with Crippen molar-refractivity contribution < 1.29 is 43.3 Å². The first kappa shape index (κ1) is 23.3. The van der Waals surface area contributed by atoms with E-state index in [9.17, 15) is 33.9 Å². The predicted molar refractivity (Wildman–Crippen MR) is 111 cm³/mol. The average Bonchev–Trinajstić information content (AvgIpc) is 2.69. The number of hydrogen-bond acceptors (Lipinski definition) is 8. The number of aliphatic carboxylic acids is 1. The Hall–Kier alpha value is -4.34. The van der Waals surface area contributed by atoms with Gasteiger partial charge in [-0.2, -0.15) is 0 Å². The Morgan fingerprint density at radius 3 is 2.06 bits per heavy atom. The van der Waals surface area contributed by atoms with Crippen molar-refractivity contribution in [3.8, 4) is 11.5 Å². The van der Waals surface area contributed by atoms with E-state index in [1.54, 1.807) is 0 Å². The van der Waals surface area contributed by atoms with Gasteiger partial charge in [0.2, 0.25) is 11.7 Å². The highest BCUT2D eigenvalue weighted by atomic mass is 16.5. The highest BCUT2D eigenvalue weighted by Gasteiger charge is 2.36. The molecular formula is C23H19NO9. The average molecular weight is 453 g/mol. The standard InChI is InChI=1S/C23H19NO9/c1-10(25)24-16(23(30)31)8-13-7-15-20(18(9-13)33-12(3)27)22(29)19-14(21(15)28)5-4-6-17(19)32-11(2)26/h4-7,9,16H,8H2,1-3H3,(H,24,25)(H,30,31). The van der Waals surface area contributed by atoms with Crippen LogP contribution >= 0.6 is 0 Å². The van der Waals surface area contributed by atoms with Gasteiger partial charge in [0.1, 0.15) is 17.5 Å². The van der Waals surface area contributed by atoms with Crippen molar-refractivity contribution in [1.29, 1.82) is 0 Å². The molecule has 1 atom stereocenters. The first-order valence-corrected chi connectivity index (χ1v) is 9.75. The van der Waals surface area contributed by atoms with Crippen molar-refractivity contribution >= 4 is 35.4 Å². The van der Waals surface area contributed by atoms with E-state index >= 15 is 0 Å². The summed E-state index contributed by atoms with van der Waals surface area (Å²) in [5.41, 5.74) is -0.237. The maximum absolute atomic E-state index is 13.4. The maximum atomic E-state index is 13.4. The molecule has 10 nitrogen and oxygen atoms in total. The number of hydrogen-bond donors (Lipinski definition) is 2. The molecule has 1 aliphatic carbocycles. The highest BCUT2D eigenvalue weighted by Crippen LogP contribution is 2.38. The largest absolute Gasteiger partial charge is 0.480 e. The summed E-state index contributed by atoms with van der Waals surface area (Å²) >= 11 is 0. The van der Waals surface area contributed by atoms with Gasteiger partial charge in [0.15, 0.2) is 5.78 Å². The lowest BCUT2D eigenvalue weighted by Crippen LogP contribution is -2.41. The van der Waals surface area contributed by atoms with E-state index in [-0.39, 0.29) is 45.7 Å². The van der Waals surface area contributed by atoms with Gasteiger partial charge in [0.25, 0.3) is 0 Å². The fourth-order valence-electron chi connectivity index (χ4n) is 3.58. The number of nitrogens with one attached hydrogen (secondary N) is 1. The Balaban J connectivity index is 2.18. The topological polar surface area (TPSA) is 153 Å². The molecule has 2 N–H and O–H groups in total. The molecule has 2 aromatic rings. The number of esters is 2. The molecule has 0 aromatic heterocycles. The van der Waals surface area contributed by atoms with Gasteiger partial charge >= 0.3 is 17.9 Å². The van der Waals surface area contributed by atoms with Gasteiger partial charge in [0, 0.05) is 38.3 Å². The van der Waals surface area contributed by atoms with E-state index < -0.39 is 41.4 Å². The van der Waals surface area contributed by atoms with Crippen molar-refractivity contribution in [3.05, 3.63) is 58.1 Å². The van der Waals surface area contributed by atoms with Crippen LogP contribution in [0.25, 0.3) is 0 Å². The fraction of sp³-hybridized carbons (Fsp3) is 0.217. The molecule has 0 aliphatic heterocycles. The second kappa shape index (κ2) is 9.03. The van der Waals surface area contributed by atoms with Crippen LogP contribution in [0.5, 0.6) is 11.5 Å². The molecule has 0 heterocycles. The molecule has 1 aliphatic rings. The van der Waals surface area contributed by atoms with Crippen molar-refractivity contribution in [1.82, 2.24) is 5.32 Å². The maximum Gasteiger partial charge on any atom is 0.326 e. The third kappa shape index (κ3) is 4.79. The second-order valence-electron chi connectivity index (χ2n) is 7.34. The summed E-state index contributed by atoms with van der Waals surface area (Å²) in [4.78, 5) is 72.7. The van der Waals surface area contributed by atoms with E-state index in [0.29, 0.717) is 0 Å². The van der Waals surface area contributed by atoms with E-state index in [4.69, 9.17) is 9.47 Å². The van der Waals surface area contributed by atoms with Crippen LogP contribution in [0, 0.1) is 0 Å². The highest BCUT2D eigenvalue weighted by molar-refractivity contribution is 6.30. The van der Waals surface area contributed by atoms with E-state index in [0.717, 1.165) is 20.8 Å². The van der Waals surface area contributed by atoms with Crippen LogP contribution in [0.15, 0.2) is 30.3 Å². The Morgan fingerprint density at radius 2 is 1.48 bits per heavy atom. The van der Waals surface area contributed by atoms with Crippen LogP contribution in [-0.2, 0) is 25.6 Å². The van der Waals surface area contributed by atoms with Gasteiger partial charge in [-0.05, 0) is 23.8 Å². The fourth-order valence-corrected chi connectivity index (χ4v) is 3.58. The minimum atomic E-state index is -1.32. The lowest BCUT2D eigenvalue weighted by molar-refractivity contribution is -0.141. The Bertz CT molecular complexity index is 1230. The van der Waals surface area contributed by atoms with E-state index in [1.165, 1.54) is 30.3 Å². The number of ether oxygens (including phenoxy) is 2. The quantitative estimate of drug-likeness (QED) is 0.417. The number of benzene rings is 2. The zero-order valence-electron chi connectivity index (χ0n) is 17.9. The Kier molecular flexibility index (Phi) is 6.38. The normalized spacial score (nSPS) is 12.8. The van der Waals surface area contributed by atoms with Crippen LogP contribution in [-0.4, -0.2) is 46.5 Å². The molecule has 0 fully saturated rings. The van der Waals surface area contributed by atoms with Crippen LogP contribution < -0.4 is 14.8 Å². The first-order chi connectivity index (χ1) is 15.5. The van der Waals surface area contributed by atoms with Crippen molar-refractivity contribution in [2.75, 3.05) is 0 Å². The molecule has 0 saturated heterocycles. The number of carbonyl (C=O) groups is 6. The van der Waals surface area contributed by atoms with Gasteiger partial charge < -0.3 is 19.9 Å². The monoisotopic (exact) mass is 453 g/mol. The van der Waals surface area contributed by atoms with E-state index in [2.05, 4.69) is 5.32 Å². The van der Waals surface area contributed by atoms with Crippen LogP contribution in [0.3, 0.4) is 0 Å². The zero-order chi connectivity index (χ0) is 24.4. The lowest BCUT2D eigenvalue weighted by Gasteiger charge is -2.23. The number of fused-ring (bicyclic) bond motifs is 2. The third-order valence-corrected chi connectivity index (χ3v) is 4.75. The predicted octanol–water partition coefficient (Wildman–Crippen LogP) is 1.44. The van der Waals surface area contributed by atoms with E-state index in [1.807, 2.05) is 0 Å². The zero-order valence-corrected chi connectivity index (χ0v) is 17.9. The van der Waals surface area contributed by atoms with Crippen LogP contribution in [0.1, 0.15) is 58.2 Å². The molecule has 1 unspecified atom stereocenters. The molecule has 33 heavy (non-hydrogen) atoms.